The third kappa shape index (κ3) is 5.21. The topological polar surface area (TPSA) is 75.5 Å². The van der Waals surface area contributed by atoms with Crippen LogP contribution in [0.1, 0.15) is 17.0 Å². The Labute approximate surface area is 185 Å². The van der Waals surface area contributed by atoms with E-state index in [1.165, 1.54) is 6.21 Å². The zero-order valence-electron chi connectivity index (χ0n) is 15.7. The van der Waals surface area contributed by atoms with Crippen molar-refractivity contribution >= 4 is 55.6 Å². The Hall–Kier alpha value is -2.71. The van der Waals surface area contributed by atoms with Gasteiger partial charge in [-0.15, -0.1) is 0 Å². The summed E-state index contributed by atoms with van der Waals surface area (Å²) in [5, 5.41) is 6.44. The summed E-state index contributed by atoms with van der Waals surface area (Å²) in [5.41, 5.74) is 6.66. The van der Waals surface area contributed by atoms with Gasteiger partial charge in [-0.1, -0.05) is 31.9 Å². The molecule has 0 bridgehead atoms. The number of carbonyl (C=O) groups is 2. The average Bonchev–Trinajstić information content (AvgIpc) is 2.97. The smallest absolute Gasteiger partial charge is 0.318 e. The first-order valence-electron chi connectivity index (χ1n) is 8.70. The number of halogens is 2. The van der Waals surface area contributed by atoms with Crippen molar-refractivity contribution in [2.45, 2.75) is 13.8 Å². The van der Waals surface area contributed by atoms with E-state index in [0.29, 0.717) is 5.69 Å². The summed E-state index contributed by atoms with van der Waals surface area (Å²) in [7, 11) is 0. The van der Waals surface area contributed by atoms with Gasteiger partial charge in [-0.3, -0.25) is 9.59 Å². The molecule has 0 aliphatic carbocycles. The molecule has 0 radical (unpaired) electrons. The van der Waals surface area contributed by atoms with Crippen molar-refractivity contribution in [2.75, 3.05) is 5.32 Å². The molecule has 29 heavy (non-hydrogen) atoms. The summed E-state index contributed by atoms with van der Waals surface area (Å²) in [4.78, 5) is 23.9. The van der Waals surface area contributed by atoms with Crippen molar-refractivity contribution in [1.82, 2.24) is 9.99 Å². The van der Waals surface area contributed by atoms with Gasteiger partial charge >= 0.3 is 11.8 Å². The minimum Gasteiger partial charge on any atom is -0.318 e. The molecule has 0 aliphatic heterocycles. The number of nitrogens with zero attached hydrogens (tertiary/aromatic N) is 2. The van der Waals surface area contributed by atoms with Crippen LogP contribution in [0.4, 0.5) is 5.69 Å². The maximum atomic E-state index is 12.0. The van der Waals surface area contributed by atoms with Gasteiger partial charge in [0.05, 0.1) is 6.21 Å². The lowest BCUT2D eigenvalue weighted by molar-refractivity contribution is -0.136. The summed E-state index contributed by atoms with van der Waals surface area (Å²) in [5.74, 6) is -1.63. The first kappa shape index (κ1) is 21.0. The third-order valence-corrected chi connectivity index (χ3v) is 5.29. The number of nitrogens with one attached hydrogen (secondary N) is 2. The fourth-order valence-corrected chi connectivity index (χ4v) is 3.37. The van der Waals surface area contributed by atoms with E-state index in [-0.39, 0.29) is 0 Å². The molecule has 0 unspecified atom stereocenters. The summed E-state index contributed by atoms with van der Waals surface area (Å²) in [6.45, 7) is 3.97. The molecule has 0 saturated carbocycles. The van der Waals surface area contributed by atoms with Gasteiger partial charge in [0.2, 0.25) is 0 Å². The molecular weight excluding hydrogens is 500 g/mol. The Morgan fingerprint density at radius 2 is 1.52 bits per heavy atom. The Balaban J connectivity index is 1.66. The molecule has 0 fully saturated rings. The van der Waals surface area contributed by atoms with Crippen molar-refractivity contribution in [1.29, 1.82) is 0 Å². The van der Waals surface area contributed by atoms with Crippen LogP contribution in [-0.4, -0.2) is 22.6 Å². The number of carbonyl (C=O) groups excluding carboxylic acids is 2. The summed E-state index contributed by atoms with van der Waals surface area (Å²) in [6, 6.07) is 16.9. The van der Waals surface area contributed by atoms with Gasteiger partial charge in [-0.2, -0.15) is 5.10 Å². The quantitative estimate of drug-likeness (QED) is 0.299. The number of hydrazone groups is 1. The SMILES string of the molecule is Cc1cc(/C=N\NC(=O)C(=O)Nc2ccc(Br)cc2)c(C)n1-c1ccc(Br)cc1. The van der Waals surface area contributed by atoms with Gasteiger partial charge in [0, 0.05) is 37.3 Å². The van der Waals surface area contributed by atoms with Crippen molar-refractivity contribution in [3.63, 3.8) is 0 Å². The van der Waals surface area contributed by atoms with Crippen LogP contribution in [0.25, 0.3) is 5.69 Å². The Morgan fingerprint density at radius 1 is 0.931 bits per heavy atom. The highest BCUT2D eigenvalue weighted by Crippen LogP contribution is 2.21. The predicted molar refractivity (Wildman–Crippen MR) is 121 cm³/mol. The number of anilines is 1. The number of hydrogen-bond donors (Lipinski definition) is 2. The normalized spacial score (nSPS) is 10.9. The molecule has 1 aromatic heterocycles. The van der Waals surface area contributed by atoms with Crippen LogP contribution in [-0.2, 0) is 9.59 Å². The Morgan fingerprint density at radius 3 is 2.14 bits per heavy atom. The standard InChI is InChI=1S/C21H18Br2N4O2/c1-13-11-15(14(2)27(13)19-9-5-17(23)6-10-19)12-24-26-21(29)20(28)25-18-7-3-16(22)4-8-18/h3-12H,1-2H3,(H,25,28)(H,26,29)/b24-12-. The summed E-state index contributed by atoms with van der Waals surface area (Å²) in [6.07, 6.45) is 1.53. The molecule has 6 nitrogen and oxygen atoms in total. The van der Waals surface area contributed by atoms with Gasteiger partial charge < -0.3 is 9.88 Å². The van der Waals surface area contributed by atoms with E-state index in [2.05, 4.69) is 52.3 Å². The molecular formula is C21H18Br2N4O2. The van der Waals surface area contributed by atoms with E-state index < -0.39 is 11.8 Å². The van der Waals surface area contributed by atoms with E-state index in [1.54, 1.807) is 24.3 Å². The molecule has 2 N–H and O–H groups in total. The van der Waals surface area contributed by atoms with E-state index >= 15 is 0 Å². The van der Waals surface area contributed by atoms with Crippen molar-refractivity contribution in [3.05, 3.63) is 80.5 Å². The third-order valence-electron chi connectivity index (χ3n) is 4.23. The van der Waals surface area contributed by atoms with Crippen molar-refractivity contribution in [2.24, 2.45) is 5.10 Å². The number of rotatable bonds is 4. The molecule has 148 valence electrons. The van der Waals surface area contributed by atoms with Crippen LogP contribution in [0, 0.1) is 13.8 Å². The Kier molecular flexibility index (Phi) is 6.66. The second-order valence-electron chi connectivity index (χ2n) is 6.30. The lowest BCUT2D eigenvalue weighted by atomic mass is 10.2. The number of benzene rings is 2. The van der Waals surface area contributed by atoms with Gasteiger partial charge in [0.15, 0.2) is 0 Å². The highest BCUT2D eigenvalue weighted by molar-refractivity contribution is 9.10. The molecule has 8 heteroatoms. The van der Waals surface area contributed by atoms with E-state index in [0.717, 1.165) is 31.6 Å². The highest BCUT2D eigenvalue weighted by atomic mass is 79.9. The van der Waals surface area contributed by atoms with Crippen LogP contribution in [0.5, 0.6) is 0 Å². The highest BCUT2D eigenvalue weighted by Gasteiger charge is 2.13. The zero-order valence-corrected chi connectivity index (χ0v) is 18.9. The minimum absolute atomic E-state index is 0.523. The van der Waals surface area contributed by atoms with Gasteiger partial charge in [0.1, 0.15) is 0 Å². The van der Waals surface area contributed by atoms with E-state index in [9.17, 15) is 9.59 Å². The average molecular weight is 518 g/mol. The summed E-state index contributed by atoms with van der Waals surface area (Å²) >= 11 is 6.75. The monoisotopic (exact) mass is 516 g/mol. The molecule has 0 spiro atoms. The Bertz CT molecular complexity index is 1070. The number of aryl methyl sites for hydroxylation is 1. The molecule has 1 heterocycles. The number of aromatic nitrogens is 1. The van der Waals surface area contributed by atoms with Gasteiger partial charge in [0.25, 0.3) is 0 Å². The number of amides is 2. The summed E-state index contributed by atoms with van der Waals surface area (Å²) < 4.78 is 3.98. The van der Waals surface area contributed by atoms with E-state index in [1.807, 2.05) is 44.2 Å². The fourth-order valence-electron chi connectivity index (χ4n) is 2.84. The van der Waals surface area contributed by atoms with Crippen molar-refractivity contribution in [3.8, 4) is 5.69 Å². The minimum atomic E-state index is -0.842. The molecule has 0 saturated heterocycles. The molecule has 2 aromatic carbocycles. The number of hydrogen-bond acceptors (Lipinski definition) is 3. The molecule has 0 aliphatic rings. The lowest BCUT2D eigenvalue weighted by Crippen LogP contribution is -2.32. The lowest BCUT2D eigenvalue weighted by Gasteiger charge is -2.09. The largest absolute Gasteiger partial charge is 0.329 e. The van der Waals surface area contributed by atoms with Crippen LogP contribution in [0.15, 0.2) is 68.6 Å². The second-order valence-corrected chi connectivity index (χ2v) is 8.13. The molecule has 2 amide bonds. The molecule has 0 atom stereocenters. The van der Waals surface area contributed by atoms with E-state index in [4.69, 9.17) is 0 Å². The van der Waals surface area contributed by atoms with Crippen LogP contribution >= 0.6 is 31.9 Å². The molecule has 3 rings (SSSR count). The van der Waals surface area contributed by atoms with Crippen LogP contribution < -0.4 is 10.7 Å². The van der Waals surface area contributed by atoms with Crippen LogP contribution in [0.2, 0.25) is 0 Å². The van der Waals surface area contributed by atoms with Gasteiger partial charge in [-0.25, -0.2) is 5.43 Å². The predicted octanol–water partition coefficient (Wildman–Crippen LogP) is 4.71. The fraction of sp³-hybridized carbons (Fsp3) is 0.0952. The first-order valence-corrected chi connectivity index (χ1v) is 10.3. The van der Waals surface area contributed by atoms with Crippen LogP contribution in [0.3, 0.4) is 0 Å². The zero-order chi connectivity index (χ0) is 21.0. The maximum absolute atomic E-state index is 12.0. The van der Waals surface area contributed by atoms with Gasteiger partial charge in [-0.05, 0) is 68.4 Å². The molecule has 3 aromatic rings. The second kappa shape index (κ2) is 9.19. The van der Waals surface area contributed by atoms with Crippen molar-refractivity contribution < 1.29 is 9.59 Å². The first-order chi connectivity index (χ1) is 13.8. The maximum Gasteiger partial charge on any atom is 0.329 e.